The third-order valence-electron chi connectivity index (χ3n) is 3.38. The van der Waals surface area contributed by atoms with Gasteiger partial charge in [-0.2, -0.15) is 12.6 Å². The van der Waals surface area contributed by atoms with E-state index >= 15 is 0 Å². The minimum atomic E-state index is -0.644. The van der Waals surface area contributed by atoms with E-state index in [0.717, 1.165) is 0 Å². The van der Waals surface area contributed by atoms with Crippen molar-refractivity contribution in [1.29, 1.82) is 0 Å². The van der Waals surface area contributed by atoms with E-state index in [0.29, 0.717) is 22.9 Å². The Hall–Kier alpha value is -2.37. The van der Waals surface area contributed by atoms with Gasteiger partial charge in [0.1, 0.15) is 12.0 Å². The lowest BCUT2D eigenvalue weighted by Gasteiger charge is -2.19. The van der Waals surface area contributed by atoms with Gasteiger partial charge in [-0.1, -0.05) is 12.1 Å². The van der Waals surface area contributed by atoms with Crippen molar-refractivity contribution in [1.82, 2.24) is 15.8 Å². The molecule has 1 aromatic heterocycles. The summed E-state index contributed by atoms with van der Waals surface area (Å²) in [5.41, 5.74) is 5.69. The van der Waals surface area contributed by atoms with Gasteiger partial charge in [-0.3, -0.25) is 15.6 Å². The number of thiocarbonyl (C=S) groups is 1. The fourth-order valence-electron chi connectivity index (χ4n) is 2.06. The predicted octanol–water partition coefficient (Wildman–Crippen LogP) is 2.04. The van der Waals surface area contributed by atoms with E-state index in [-0.39, 0.29) is 11.5 Å². The zero-order chi connectivity index (χ0) is 19.6. The Morgan fingerprint density at radius 1 is 1.41 bits per heavy atom. The highest BCUT2D eigenvalue weighted by molar-refractivity contribution is 7.81. The number of benzene rings is 1. The van der Waals surface area contributed by atoms with Gasteiger partial charge in [0.15, 0.2) is 10.2 Å². The molecule has 0 bridgehead atoms. The first kappa shape index (κ1) is 20.9. The Labute approximate surface area is 171 Å². The van der Waals surface area contributed by atoms with Gasteiger partial charge in [-0.15, -0.1) is 11.3 Å². The minimum absolute atomic E-state index is 0.0691. The Balaban J connectivity index is 1.80. The number of hydrogen-bond acceptors (Lipinski definition) is 8. The molecule has 0 saturated heterocycles. The lowest BCUT2D eigenvalue weighted by atomic mass is 10.1. The summed E-state index contributed by atoms with van der Waals surface area (Å²) in [4.78, 5) is 27.4. The second kappa shape index (κ2) is 10.7. The monoisotopic (exact) mass is 425 g/mol. The number of carbonyl (C=O) groups is 2. The number of para-hydroxylation sites is 2. The number of methoxy groups -OCH3 is 1. The molecule has 8 nitrogen and oxygen atoms in total. The average Bonchev–Trinajstić information content (AvgIpc) is 3.17. The molecular weight excluding hydrogens is 406 g/mol. The molecule has 1 amide bonds. The lowest BCUT2D eigenvalue weighted by Crippen LogP contribution is -2.45. The van der Waals surface area contributed by atoms with E-state index in [9.17, 15) is 9.59 Å². The summed E-state index contributed by atoms with van der Waals surface area (Å²) in [7, 11) is 1.55. The van der Waals surface area contributed by atoms with Crippen LogP contribution in [-0.4, -0.2) is 34.8 Å². The normalized spacial score (nSPS) is 12.4. The van der Waals surface area contributed by atoms with E-state index in [2.05, 4.69) is 39.1 Å². The van der Waals surface area contributed by atoms with Gasteiger partial charge in [0, 0.05) is 18.0 Å². The Morgan fingerprint density at radius 2 is 2.19 bits per heavy atom. The van der Waals surface area contributed by atoms with E-state index in [1.165, 1.54) is 11.3 Å². The molecule has 0 aliphatic rings. The summed E-state index contributed by atoms with van der Waals surface area (Å²) < 4.78 is 5.21. The van der Waals surface area contributed by atoms with Crippen LogP contribution in [0.2, 0.25) is 0 Å². The van der Waals surface area contributed by atoms with Crippen molar-refractivity contribution >= 4 is 64.3 Å². The molecule has 0 saturated carbocycles. The van der Waals surface area contributed by atoms with Gasteiger partial charge >= 0.3 is 0 Å². The van der Waals surface area contributed by atoms with Crippen LogP contribution < -0.4 is 26.2 Å². The zero-order valence-corrected chi connectivity index (χ0v) is 16.9. The minimum Gasteiger partial charge on any atom is -0.495 e. The second-order valence-corrected chi connectivity index (χ2v) is 7.12. The summed E-state index contributed by atoms with van der Waals surface area (Å²) in [5, 5.41) is 7.95. The van der Waals surface area contributed by atoms with Crippen molar-refractivity contribution in [2.45, 2.75) is 11.8 Å². The number of nitrogens with one attached hydrogen (secondary N) is 4. The first-order chi connectivity index (χ1) is 13.0. The zero-order valence-electron chi connectivity index (χ0n) is 14.3. The molecule has 1 aromatic carbocycles. The molecule has 2 unspecified atom stereocenters. The number of thiazole rings is 1. The lowest BCUT2D eigenvalue weighted by molar-refractivity contribution is -0.124. The smallest absolute Gasteiger partial charge is 0.239 e. The summed E-state index contributed by atoms with van der Waals surface area (Å²) >= 11 is 10.9. The highest BCUT2D eigenvalue weighted by Gasteiger charge is 2.21. The highest BCUT2D eigenvalue weighted by Crippen LogP contribution is 2.22. The largest absolute Gasteiger partial charge is 0.495 e. The molecule has 0 fully saturated rings. The third kappa shape index (κ3) is 6.70. The molecule has 11 heteroatoms. The van der Waals surface area contributed by atoms with Crippen LogP contribution in [0.4, 0.5) is 10.8 Å². The number of nitrogens with zero attached hydrogens (tertiary/aromatic N) is 1. The van der Waals surface area contributed by atoms with E-state index in [1.54, 1.807) is 30.8 Å². The summed E-state index contributed by atoms with van der Waals surface area (Å²) in [5.74, 6) is -0.439. The topological polar surface area (TPSA) is 104 Å². The van der Waals surface area contributed by atoms with Crippen LogP contribution in [0, 0.1) is 5.92 Å². The molecule has 0 aliphatic carbocycles. The van der Waals surface area contributed by atoms with Crippen LogP contribution in [-0.2, 0) is 9.59 Å². The molecule has 0 spiro atoms. The highest BCUT2D eigenvalue weighted by atomic mass is 32.1. The molecule has 4 N–H and O–H groups in total. The third-order valence-corrected chi connectivity index (χ3v) is 4.80. The number of hydrogen-bond donors (Lipinski definition) is 5. The predicted molar refractivity (Wildman–Crippen MR) is 113 cm³/mol. The Bertz CT molecular complexity index is 772. The van der Waals surface area contributed by atoms with Crippen LogP contribution in [0.5, 0.6) is 5.75 Å². The van der Waals surface area contributed by atoms with Crippen molar-refractivity contribution in [3.05, 3.63) is 35.8 Å². The van der Waals surface area contributed by atoms with Crippen molar-refractivity contribution < 1.29 is 14.3 Å². The average molecular weight is 426 g/mol. The standard InChI is InChI=1S/C16H19N5O3S3/c1-24-12-5-3-2-4-11(12)18-15(26)21-20-13(23)8-10(9-22)14(25)19-16-17-6-7-27-16/h2-7,9-10,14,25H,8H2,1H3,(H,17,19)(H,20,23)(H2,18,21,26). The van der Waals surface area contributed by atoms with E-state index < -0.39 is 17.2 Å². The van der Waals surface area contributed by atoms with E-state index in [1.807, 2.05) is 12.1 Å². The van der Waals surface area contributed by atoms with Crippen molar-refractivity contribution in [3.63, 3.8) is 0 Å². The first-order valence-corrected chi connectivity index (χ1v) is 9.62. The van der Waals surface area contributed by atoms with Crippen LogP contribution in [0.1, 0.15) is 6.42 Å². The number of ether oxygens (including phenoxy) is 1. The van der Waals surface area contributed by atoms with Crippen LogP contribution in [0.25, 0.3) is 0 Å². The van der Waals surface area contributed by atoms with Crippen LogP contribution in [0.3, 0.4) is 0 Å². The molecule has 0 aliphatic heterocycles. The van der Waals surface area contributed by atoms with Crippen molar-refractivity contribution in [3.8, 4) is 5.75 Å². The summed E-state index contributed by atoms with van der Waals surface area (Å²) in [6.07, 6.45) is 2.25. The van der Waals surface area contributed by atoms with Gasteiger partial charge in [-0.25, -0.2) is 4.98 Å². The fraction of sp³-hybridized carbons (Fsp3) is 0.250. The maximum Gasteiger partial charge on any atom is 0.239 e. The molecule has 27 heavy (non-hydrogen) atoms. The SMILES string of the molecule is COc1ccccc1NC(=S)NNC(=O)CC(C=O)C(S)Nc1nccs1. The van der Waals surface area contributed by atoms with Crippen LogP contribution in [0.15, 0.2) is 35.8 Å². The summed E-state index contributed by atoms with van der Waals surface area (Å²) in [6.45, 7) is 0. The van der Waals surface area contributed by atoms with Gasteiger partial charge in [0.05, 0.1) is 24.1 Å². The summed E-state index contributed by atoms with van der Waals surface area (Å²) in [6, 6.07) is 7.21. The number of rotatable bonds is 8. The van der Waals surface area contributed by atoms with Crippen molar-refractivity contribution in [2.75, 3.05) is 17.7 Å². The van der Waals surface area contributed by atoms with Gasteiger partial charge < -0.3 is 20.2 Å². The number of amides is 1. The maximum atomic E-state index is 12.1. The number of hydrazine groups is 1. The van der Waals surface area contributed by atoms with Gasteiger partial charge in [-0.05, 0) is 24.4 Å². The molecule has 2 rings (SSSR count). The number of aldehydes is 1. The fourth-order valence-corrected chi connectivity index (χ4v) is 3.17. The molecule has 2 aromatic rings. The van der Waals surface area contributed by atoms with Gasteiger partial charge in [0.25, 0.3) is 0 Å². The van der Waals surface area contributed by atoms with Gasteiger partial charge in [0.2, 0.25) is 5.91 Å². The number of aromatic nitrogens is 1. The molecule has 2 atom stereocenters. The van der Waals surface area contributed by atoms with E-state index in [4.69, 9.17) is 17.0 Å². The molecule has 1 heterocycles. The first-order valence-electron chi connectivity index (χ1n) is 7.81. The molecule has 0 radical (unpaired) electrons. The maximum absolute atomic E-state index is 12.1. The molecular formula is C16H19N5O3S3. The Morgan fingerprint density at radius 3 is 2.85 bits per heavy atom. The van der Waals surface area contributed by atoms with Crippen LogP contribution >= 0.6 is 36.2 Å². The molecule has 144 valence electrons. The number of anilines is 2. The number of carbonyl (C=O) groups excluding carboxylic acids is 2. The number of thiol groups is 1. The van der Waals surface area contributed by atoms with Crippen molar-refractivity contribution in [2.24, 2.45) is 5.92 Å². The second-order valence-electron chi connectivity index (χ2n) is 5.26. The quantitative estimate of drug-likeness (QED) is 0.144. The Kier molecular flexibility index (Phi) is 8.30.